The third-order valence-electron chi connectivity index (χ3n) is 0.393. The average Bonchev–Trinajstić information content (AvgIpc) is 1.36. The van der Waals surface area contributed by atoms with E-state index >= 15 is 0 Å². The monoisotopic (exact) mass is 105 g/mol. The molecular weight excluding hydrogens is 99.5 g/mol. The number of rotatable bonds is 1. The Morgan fingerprint density at radius 1 is 1.50 bits per heavy atom. The van der Waals surface area contributed by atoms with E-state index in [4.69, 9.17) is 11.6 Å². The quantitative estimate of drug-likeness (QED) is 0.461. The fourth-order valence-electron chi connectivity index (χ4n) is 0. The van der Waals surface area contributed by atoms with Crippen LogP contribution in [0, 0.1) is 5.92 Å². The SMILES string of the molecule is C[C](C)C(=O)Cl. The van der Waals surface area contributed by atoms with Gasteiger partial charge in [0, 0.05) is 0 Å². The lowest BCUT2D eigenvalue weighted by Crippen LogP contribution is -1.92. The number of halogens is 1. The molecule has 0 aliphatic rings. The van der Waals surface area contributed by atoms with Crippen LogP contribution in [0.15, 0.2) is 0 Å². The number of carbonyl (C=O) groups excluding carboxylic acids is 1. The van der Waals surface area contributed by atoms with Crippen LogP contribution in [0.2, 0.25) is 0 Å². The summed E-state index contributed by atoms with van der Waals surface area (Å²) < 4.78 is 0. The Morgan fingerprint density at radius 2 is 1.67 bits per heavy atom. The Hall–Kier alpha value is -0.0400. The maximum absolute atomic E-state index is 9.87. The summed E-state index contributed by atoms with van der Waals surface area (Å²) in [5.41, 5.74) is 0. The first kappa shape index (κ1) is 5.96. The fraction of sp³-hybridized carbons (Fsp3) is 0.500. The van der Waals surface area contributed by atoms with Gasteiger partial charge in [-0.05, 0) is 11.6 Å². The van der Waals surface area contributed by atoms with Crippen LogP contribution in [-0.4, -0.2) is 5.24 Å². The van der Waals surface area contributed by atoms with Gasteiger partial charge in [0.25, 0.3) is 0 Å². The van der Waals surface area contributed by atoms with Crippen molar-refractivity contribution in [3.05, 3.63) is 5.92 Å². The third-order valence-corrected chi connectivity index (χ3v) is 0.771. The van der Waals surface area contributed by atoms with Crippen molar-refractivity contribution in [1.82, 2.24) is 0 Å². The van der Waals surface area contributed by atoms with E-state index < -0.39 is 0 Å². The van der Waals surface area contributed by atoms with Crippen LogP contribution in [0.5, 0.6) is 0 Å². The van der Waals surface area contributed by atoms with Gasteiger partial charge < -0.3 is 0 Å². The summed E-state index contributed by atoms with van der Waals surface area (Å²) in [7, 11) is 0. The third kappa shape index (κ3) is 2.21. The molecule has 0 rings (SSSR count). The summed E-state index contributed by atoms with van der Waals surface area (Å²) in [5, 5.41) is -0.352. The molecule has 0 spiro atoms. The van der Waals surface area contributed by atoms with E-state index in [1.807, 2.05) is 0 Å². The van der Waals surface area contributed by atoms with Gasteiger partial charge in [-0.15, -0.1) is 0 Å². The zero-order chi connectivity index (χ0) is 5.15. The zero-order valence-electron chi connectivity index (χ0n) is 3.79. The van der Waals surface area contributed by atoms with Crippen molar-refractivity contribution in [2.75, 3.05) is 0 Å². The molecule has 0 aromatic rings. The maximum Gasteiger partial charge on any atom is 0.228 e. The summed E-state index contributed by atoms with van der Waals surface area (Å²) in [4.78, 5) is 9.87. The van der Waals surface area contributed by atoms with Gasteiger partial charge in [0.1, 0.15) is 0 Å². The van der Waals surface area contributed by atoms with Crippen molar-refractivity contribution in [3.8, 4) is 0 Å². The van der Waals surface area contributed by atoms with Gasteiger partial charge in [0.05, 0.1) is 5.92 Å². The molecule has 0 bridgehead atoms. The van der Waals surface area contributed by atoms with Crippen molar-refractivity contribution in [1.29, 1.82) is 0 Å². The number of hydrogen-bond acceptors (Lipinski definition) is 1. The van der Waals surface area contributed by atoms with Crippen LogP contribution in [0.3, 0.4) is 0 Å². The lowest BCUT2D eigenvalue weighted by atomic mass is 10.3. The Balaban J connectivity index is 3.26. The summed E-state index contributed by atoms with van der Waals surface area (Å²) in [6.07, 6.45) is 0. The molecule has 0 saturated heterocycles. The molecule has 0 N–H and O–H groups in total. The molecule has 0 aromatic carbocycles. The zero-order valence-corrected chi connectivity index (χ0v) is 4.54. The lowest BCUT2D eigenvalue weighted by molar-refractivity contribution is -0.110. The van der Waals surface area contributed by atoms with E-state index in [-0.39, 0.29) is 5.24 Å². The van der Waals surface area contributed by atoms with Crippen LogP contribution in [0.25, 0.3) is 0 Å². The minimum atomic E-state index is -0.352. The first-order valence-corrected chi connectivity index (χ1v) is 2.02. The summed E-state index contributed by atoms with van der Waals surface area (Å²) in [6, 6.07) is 0. The van der Waals surface area contributed by atoms with Crippen molar-refractivity contribution in [2.24, 2.45) is 0 Å². The molecule has 0 aromatic heterocycles. The molecule has 0 aliphatic heterocycles. The Bertz CT molecular complexity index is 58.6. The fourth-order valence-corrected chi connectivity index (χ4v) is 0. The Kier molecular flexibility index (Phi) is 2.18. The van der Waals surface area contributed by atoms with E-state index in [2.05, 4.69) is 0 Å². The topological polar surface area (TPSA) is 17.1 Å². The Labute approximate surface area is 42.3 Å². The average molecular weight is 106 g/mol. The highest BCUT2D eigenvalue weighted by Crippen LogP contribution is 1.98. The van der Waals surface area contributed by atoms with Crippen LogP contribution in [-0.2, 0) is 4.79 Å². The van der Waals surface area contributed by atoms with Crippen LogP contribution < -0.4 is 0 Å². The van der Waals surface area contributed by atoms with Gasteiger partial charge in [-0.1, -0.05) is 13.8 Å². The van der Waals surface area contributed by atoms with E-state index in [1.165, 1.54) is 0 Å². The first-order valence-electron chi connectivity index (χ1n) is 1.64. The normalized spacial score (nSPS) is 9.33. The van der Waals surface area contributed by atoms with E-state index in [0.717, 1.165) is 0 Å². The van der Waals surface area contributed by atoms with E-state index in [0.29, 0.717) is 5.92 Å². The van der Waals surface area contributed by atoms with Gasteiger partial charge in [-0.25, -0.2) is 0 Å². The summed E-state index contributed by atoms with van der Waals surface area (Å²) in [5.74, 6) is 0.636. The minimum Gasteiger partial charge on any atom is -0.281 e. The van der Waals surface area contributed by atoms with Crippen molar-refractivity contribution >= 4 is 16.8 Å². The standard InChI is InChI=1S/C4H6ClO/c1-3(2)4(5)6/h1-2H3. The van der Waals surface area contributed by atoms with Crippen molar-refractivity contribution < 1.29 is 4.79 Å². The van der Waals surface area contributed by atoms with Crippen LogP contribution >= 0.6 is 11.6 Å². The predicted molar refractivity (Wildman–Crippen MR) is 25.5 cm³/mol. The molecule has 0 heterocycles. The highest BCUT2D eigenvalue weighted by molar-refractivity contribution is 6.66. The number of carbonyl (C=O) groups is 1. The minimum absolute atomic E-state index is 0.352. The molecule has 0 amide bonds. The van der Waals surface area contributed by atoms with Gasteiger partial charge >= 0.3 is 0 Å². The molecule has 1 nitrogen and oxygen atoms in total. The van der Waals surface area contributed by atoms with Gasteiger partial charge in [-0.2, -0.15) is 0 Å². The second kappa shape index (κ2) is 2.19. The van der Waals surface area contributed by atoms with Crippen molar-refractivity contribution in [2.45, 2.75) is 13.8 Å². The molecule has 6 heavy (non-hydrogen) atoms. The lowest BCUT2D eigenvalue weighted by Gasteiger charge is -1.86. The maximum atomic E-state index is 9.87. The predicted octanol–water partition coefficient (Wildman–Crippen LogP) is 1.37. The van der Waals surface area contributed by atoms with Gasteiger partial charge in [0.2, 0.25) is 5.24 Å². The van der Waals surface area contributed by atoms with Gasteiger partial charge in [-0.3, -0.25) is 4.79 Å². The summed E-state index contributed by atoms with van der Waals surface area (Å²) >= 11 is 4.94. The molecular formula is C4H6ClO. The Morgan fingerprint density at radius 3 is 1.67 bits per heavy atom. The second-order valence-electron chi connectivity index (χ2n) is 1.27. The highest BCUT2D eigenvalue weighted by Gasteiger charge is 1.99. The molecule has 0 atom stereocenters. The van der Waals surface area contributed by atoms with Crippen molar-refractivity contribution in [3.63, 3.8) is 0 Å². The van der Waals surface area contributed by atoms with Crippen LogP contribution in [0.4, 0.5) is 0 Å². The molecule has 0 aliphatic carbocycles. The second-order valence-corrected chi connectivity index (χ2v) is 1.62. The van der Waals surface area contributed by atoms with E-state index in [9.17, 15) is 4.79 Å². The summed E-state index contributed by atoms with van der Waals surface area (Å²) in [6.45, 7) is 3.35. The molecule has 35 valence electrons. The van der Waals surface area contributed by atoms with E-state index in [1.54, 1.807) is 13.8 Å². The van der Waals surface area contributed by atoms with Gasteiger partial charge in [0.15, 0.2) is 0 Å². The molecule has 0 saturated carbocycles. The molecule has 1 radical (unpaired) electrons. The van der Waals surface area contributed by atoms with Crippen LogP contribution in [0.1, 0.15) is 13.8 Å². The molecule has 0 fully saturated rings. The highest BCUT2D eigenvalue weighted by atomic mass is 35.5. The smallest absolute Gasteiger partial charge is 0.228 e. The molecule has 2 heteroatoms. The molecule has 0 unspecified atom stereocenters. The first-order chi connectivity index (χ1) is 2.64. The largest absolute Gasteiger partial charge is 0.281 e. The number of hydrogen-bond donors (Lipinski definition) is 0.